The Balaban J connectivity index is 4.08. The highest BCUT2D eigenvalue weighted by Crippen LogP contribution is 2.28. The molecular formula is C7H11Cl3O4. The van der Waals surface area contributed by atoms with E-state index in [1.54, 1.807) is 13.8 Å². The van der Waals surface area contributed by atoms with Crippen LogP contribution in [0.15, 0.2) is 0 Å². The topological polar surface area (TPSA) is 44.8 Å². The molecule has 0 aliphatic rings. The van der Waals surface area contributed by atoms with Gasteiger partial charge in [-0.2, -0.15) is 0 Å². The van der Waals surface area contributed by atoms with Gasteiger partial charge in [-0.05, 0) is 13.8 Å². The Morgan fingerprint density at radius 3 is 1.93 bits per heavy atom. The molecule has 0 bridgehead atoms. The molecule has 84 valence electrons. The summed E-state index contributed by atoms with van der Waals surface area (Å²) in [5.74, 6) is -1.03. The maximum absolute atomic E-state index is 11.0. The molecule has 0 heterocycles. The summed E-state index contributed by atoms with van der Waals surface area (Å²) in [6, 6.07) is 0. The summed E-state index contributed by atoms with van der Waals surface area (Å²) >= 11 is 15.8. The van der Waals surface area contributed by atoms with Gasteiger partial charge in [-0.3, -0.25) is 0 Å². The summed E-state index contributed by atoms with van der Waals surface area (Å²) in [6.45, 7) is 2.94. The Morgan fingerprint density at radius 2 is 1.64 bits per heavy atom. The number of rotatable bonds is 5. The molecule has 0 radical (unpaired) electrons. The fourth-order valence-electron chi connectivity index (χ4n) is 0.543. The zero-order valence-corrected chi connectivity index (χ0v) is 10.0. The van der Waals surface area contributed by atoms with Crippen LogP contribution in [-0.2, 0) is 19.0 Å². The number of halogens is 3. The van der Waals surface area contributed by atoms with Crippen molar-refractivity contribution in [1.82, 2.24) is 0 Å². The van der Waals surface area contributed by atoms with E-state index in [2.05, 4.69) is 4.74 Å². The molecule has 0 aliphatic heterocycles. The van der Waals surface area contributed by atoms with E-state index in [1.807, 2.05) is 0 Å². The molecule has 0 unspecified atom stereocenters. The lowest BCUT2D eigenvalue weighted by atomic mass is 10.8. The quantitative estimate of drug-likeness (QED) is 0.434. The summed E-state index contributed by atoms with van der Waals surface area (Å²) in [5, 5.41) is 0. The lowest BCUT2D eigenvalue weighted by molar-refractivity contribution is -0.272. The largest absolute Gasteiger partial charge is 0.407 e. The number of ether oxygens (including phenoxy) is 3. The summed E-state index contributed by atoms with van der Waals surface area (Å²) in [7, 11) is 0. The summed E-state index contributed by atoms with van der Waals surface area (Å²) in [5.41, 5.74) is 0. The fourth-order valence-corrected chi connectivity index (χ4v) is 0.676. The van der Waals surface area contributed by atoms with Gasteiger partial charge in [0, 0.05) is 0 Å². The van der Waals surface area contributed by atoms with Crippen molar-refractivity contribution >= 4 is 40.8 Å². The normalized spacial score (nSPS) is 11.9. The van der Waals surface area contributed by atoms with Gasteiger partial charge < -0.3 is 14.2 Å². The van der Waals surface area contributed by atoms with Crippen LogP contribution < -0.4 is 0 Å². The van der Waals surface area contributed by atoms with E-state index in [9.17, 15) is 4.79 Å². The zero-order chi connectivity index (χ0) is 11.2. The lowest BCUT2D eigenvalue weighted by Gasteiger charge is -2.18. The van der Waals surface area contributed by atoms with E-state index < -0.39 is 16.2 Å². The number of esters is 1. The molecule has 0 N–H and O–H groups in total. The van der Waals surface area contributed by atoms with Crippen molar-refractivity contribution < 1.29 is 19.0 Å². The summed E-state index contributed by atoms with van der Waals surface area (Å²) < 4.78 is 12.3. The van der Waals surface area contributed by atoms with E-state index in [0.717, 1.165) is 0 Å². The Bertz CT molecular complexity index is 174. The molecular weight excluding hydrogens is 254 g/mol. The van der Waals surface area contributed by atoms with Crippen LogP contribution in [0.1, 0.15) is 13.8 Å². The molecule has 0 aromatic carbocycles. The first kappa shape index (κ1) is 14.3. The molecule has 0 fully saturated rings. The monoisotopic (exact) mass is 264 g/mol. The van der Waals surface area contributed by atoms with E-state index in [1.165, 1.54) is 0 Å². The second-order valence-electron chi connectivity index (χ2n) is 2.10. The number of hydrogen-bond acceptors (Lipinski definition) is 4. The van der Waals surface area contributed by atoms with Gasteiger partial charge in [0.1, 0.15) is 0 Å². The van der Waals surface area contributed by atoms with Crippen molar-refractivity contribution in [2.75, 3.05) is 13.2 Å². The second-order valence-corrected chi connectivity index (χ2v) is 4.38. The lowest BCUT2D eigenvalue weighted by Crippen LogP contribution is -2.31. The van der Waals surface area contributed by atoms with Gasteiger partial charge in [0.25, 0.3) is 3.79 Å². The van der Waals surface area contributed by atoms with E-state index in [4.69, 9.17) is 44.3 Å². The van der Waals surface area contributed by atoms with E-state index in [0.29, 0.717) is 13.2 Å². The molecule has 0 saturated carbocycles. The highest BCUT2D eigenvalue weighted by molar-refractivity contribution is 6.75. The van der Waals surface area contributed by atoms with Crippen LogP contribution in [0.3, 0.4) is 0 Å². The number of alkyl halides is 3. The van der Waals surface area contributed by atoms with Crippen molar-refractivity contribution in [1.29, 1.82) is 0 Å². The number of carbonyl (C=O) groups is 1. The van der Waals surface area contributed by atoms with Crippen molar-refractivity contribution in [2.45, 2.75) is 24.1 Å². The molecule has 0 saturated heterocycles. The van der Waals surface area contributed by atoms with Gasteiger partial charge in [-0.1, -0.05) is 34.8 Å². The standard InChI is InChI=1S/C7H11Cl3O4/c1-3-12-6(13-4-2)14-5(11)7(8,9)10/h6H,3-4H2,1-2H3. The first-order valence-corrected chi connectivity index (χ1v) is 5.06. The fraction of sp³-hybridized carbons (Fsp3) is 0.857. The van der Waals surface area contributed by atoms with Crippen molar-refractivity contribution in [3.8, 4) is 0 Å². The average Bonchev–Trinajstić information content (AvgIpc) is 2.03. The Kier molecular flexibility index (Phi) is 6.81. The molecule has 0 aliphatic carbocycles. The molecule has 0 amide bonds. The van der Waals surface area contributed by atoms with Crippen LogP contribution >= 0.6 is 34.8 Å². The van der Waals surface area contributed by atoms with Crippen LogP contribution in [-0.4, -0.2) is 29.5 Å². The predicted octanol–water partition coefficient (Wildman–Crippen LogP) is 2.26. The SMILES string of the molecule is CCOC(OCC)OC(=O)C(Cl)(Cl)Cl. The first-order chi connectivity index (χ1) is 6.41. The first-order valence-electron chi connectivity index (χ1n) is 3.92. The second kappa shape index (κ2) is 6.69. The third-order valence-electron chi connectivity index (χ3n) is 1.04. The van der Waals surface area contributed by atoms with E-state index in [-0.39, 0.29) is 0 Å². The van der Waals surface area contributed by atoms with Crippen molar-refractivity contribution in [3.63, 3.8) is 0 Å². The highest BCUT2D eigenvalue weighted by Gasteiger charge is 2.35. The van der Waals surface area contributed by atoms with Gasteiger partial charge in [0.15, 0.2) is 0 Å². The molecule has 0 rings (SSSR count). The minimum absolute atomic E-state index is 0.317. The summed E-state index contributed by atoms with van der Waals surface area (Å²) in [4.78, 5) is 11.0. The third kappa shape index (κ3) is 5.88. The molecule has 0 aromatic heterocycles. The molecule has 0 aromatic rings. The van der Waals surface area contributed by atoms with Gasteiger partial charge in [0.05, 0.1) is 13.2 Å². The number of carbonyl (C=O) groups excluding carboxylic acids is 1. The summed E-state index contributed by atoms with van der Waals surface area (Å²) in [6.07, 6.45) is 0. The zero-order valence-electron chi connectivity index (χ0n) is 7.76. The van der Waals surface area contributed by atoms with Crippen LogP contribution in [0, 0.1) is 0 Å². The minimum Gasteiger partial charge on any atom is -0.407 e. The van der Waals surface area contributed by atoms with Gasteiger partial charge in [-0.25, -0.2) is 4.79 Å². The Labute approximate surface area is 97.3 Å². The van der Waals surface area contributed by atoms with Crippen LogP contribution in [0.5, 0.6) is 0 Å². The van der Waals surface area contributed by atoms with Crippen molar-refractivity contribution in [2.24, 2.45) is 0 Å². The van der Waals surface area contributed by atoms with Crippen LogP contribution in [0.2, 0.25) is 0 Å². The van der Waals surface area contributed by atoms with Gasteiger partial charge in [0.2, 0.25) is 0 Å². The van der Waals surface area contributed by atoms with Gasteiger partial charge in [-0.15, -0.1) is 0 Å². The Morgan fingerprint density at radius 1 is 1.21 bits per heavy atom. The van der Waals surface area contributed by atoms with E-state index >= 15 is 0 Å². The highest BCUT2D eigenvalue weighted by atomic mass is 35.6. The molecule has 0 atom stereocenters. The Hall–Kier alpha value is 0.260. The van der Waals surface area contributed by atoms with Crippen LogP contribution in [0.25, 0.3) is 0 Å². The number of hydrogen-bond donors (Lipinski definition) is 0. The van der Waals surface area contributed by atoms with Crippen molar-refractivity contribution in [3.05, 3.63) is 0 Å². The maximum Gasteiger partial charge on any atom is 0.362 e. The third-order valence-corrected chi connectivity index (χ3v) is 1.50. The average molecular weight is 266 g/mol. The predicted molar refractivity (Wildman–Crippen MR) is 53.4 cm³/mol. The minimum atomic E-state index is -2.12. The molecule has 4 nitrogen and oxygen atoms in total. The van der Waals surface area contributed by atoms with Gasteiger partial charge >= 0.3 is 12.4 Å². The molecule has 0 spiro atoms. The maximum atomic E-state index is 11.0. The molecule has 7 heteroatoms. The smallest absolute Gasteiger partial charge is 0.362 e. The van der Waals surface area contributed by atoms with Crippen LogP contribution in [0.4, 0.5) is 0 Å². The molecule has 14 heavy (non-hydrogen) atoms.